The molecule has 0 aliphatic carbocycles. The van der Waals surface area contributed by atoms with Crippen molar-refractivity contribution < 1.29 is 50.8 Å². The fraction of sp³-hybridized carbons (Fsp3) is 0.571. The second-order valence-corrected chi connectivity index (χ2v) is 3.15. The smallest absolute Gasteiger partial charge is 1.00 e. The minimum atomic E-state index is -1.02. The number of carbonyl (C=O) groups is 2. The van der Waals surface area contributed by atoms with Gasteiger partial charge in [0.15, 0.2) is 5.11 Å². The van der Waals surface area contributed by atoms with Crippen LogP contribution >= 0.6 is 12.2 Å². The average Bonchev–Trinajstić information content (AvgIpc) is 2.00. The molecule has 82 valence electrons. The van der Waals surface area contributed by atoms with E-state index in [-0.39, 0.29) is 49.2 Å². The molecule has 0 amide bonds. The first kappa shape index (κ1) is 17.0. The summed E-state index contributed by atoms with van der Waals surface area (Å²) >= 11 is 4.86. The Morgan fingerprint density at radius 2 is 1.40 bits per heavy atom. The summed E-state index contributed by atoms with van der Waals surface area (Å²) in [6, 6.07) is 0. The van der Waals surface area contributed by atoms with Gasteiger partial charge in [-0.05, 0) is 12.2 Å². The molecule has 0 aromatic rings. The summed E-state index contributed by atoms with van der Waals surface area (Å²) in [4.78, 5) is 23.2. The maximum Gasteiger partial charge on any atom is 1.00 e. The molecular weight excluding hydrogens is 231 g/mol. The van der Waals surface area contributed by atoms with Crippen LogP contribution in [0.4, 0.5) is 0 Å². The fourth-order valence-corrected chi connectivity index (χ4v) is 0.962. The van der Waals surface area contributed by atoms with Crippen LogP contribution in [0, 0.1) is 0 Å². The van der Waals surface area contributed by atoms with Gasteiger partial charge in [-0.2, -0.15) is 0 Å². The number of carboxylic acid groups (broad SMARTS) is 2. The molecule has 0 unspecified atom stereocenters. The minimum absolute atomic E-state index is 0. The van der Waals surface area contributed by atoms with Crippen LogP contribution in [0.2, 0.25) is 0 Å². The Morgan fingerprint density at radius 1 is 1.13 bits per heavy atom. The third kappa shape index (κ3) is 7.55. The van der Waals surface area contributed by atoms with E-state index in [0.29, 0.717) is 0 Å². The Hall–Kier alpha value is -0.370. The van der Waals surface area contributed by atoms with Crippen molar-refractivity contribution >= 4 is 29.3 Å². The largest absolute Gasteiger partial charge is 1.00 e. The second-order valence-electron chi connectivity index (χ2n) is 2.78. The monoisotopic (exact) mass is 244 g/mol. The van der Waals surface area contributed by atoms with Crippen molar-refractivity contribution in [3.05, 3.63) is 0 Å². The Morgan fingerprint density at radius 3 is 1.60 bits per heavy atom. The zero-order valence-corrected chi connectivity index (χ0v) is 11.7. The summed E-state index contributed by atoms with van der Waals surface area (Å²) < 4.78 is 0. The molecule has 2 N–H and O–H groups in total. The van der Waals surface area contributed by atoms with Gasteiger partial charge >= 0.3 is 41.5 Å². The van der Waals surface area contributed by atoms with Gasteiger partial charge < -0.3 is 21.4 Å². The molecule has 0 spiro atoms. The third-order valence-corrected chi connectivity index (χ3v) is 2.02. The number of aliphatic carboxylic acids is 2. The number of rotatable bonds is 4. The molecule has 0 saturated heterocycles. The normalized spacial score (nSPS) is 8.67. The fourth-order valence-electron chi connectivity index (χ4n) is 0.832. The molecule has 0 heterocycles. The number of hydrogen-bond acceptors (Lipinski definition) is 3. The van der Waals surface area contributed by atoms with Gasteiger partial charge in [0.1, 0.15) is 13.1 Å². The van der Waals surface area contributed by atoms with Crippen molar-refractivity contribution in [3.63, 3.8) is 0 Å². The van der Waals surface area contributed by atoms with Crippen molar-refractivity contribution in [2.45, 2.75) is 0 Å². The molecule has 0 aliphatic heterocycles. The van der Waals surface area contributed by atoms with Gasteiger partial charge in [-0.3, -0.25) is 9.59 Å². The van der Waals surface area contributed by atoms with Crippen LogP contribution in [-0.4, -0.2) is 64.2 Å². The molecule has 0 saturated carbocycles. The maximum atomic E-state index is 10.3. The van der Waals surface area contributed by atoms with E-state index in [1.807, 2.05) is 0 Å². The number of nitrogens with zero attached hydrogens (tertiary/aromatic N) is 2. The van der Waals surface area contributed by atoms with Gasteiger partial charge in [-0.15, -0.1) is 0 Å². The molecule has 0 rings (SSSR count). The molecule has 0 aromatic heterocycles. The van der Waals surface area contributed by atoms with Crippen molar-refractivity contribution in [2.75, 3.05) is 27.2 Å². The van der Waals surface area contributed by atoms with Gasteiger partial charge in [0, 0.05) is 14.1 Å². The Balaban J connectivity index is -0.000000845. The Labute approximate surface area is 117 Å². The molecular formula is C7H13N2NaO4S. The van der Waals surface area contributed by atoms with Crippen LogP contribution in [0.3, 0.4) is 0 Å². The van der Waals surface area contributed by atoms with Gasteiger partial charge in [-0.1, -0.05) is 0 Å². The second kappa shape index (κ2) is 7.86. The van der Waals surface area contributed by atoms with Crippen molar-refractivity contribution in [1.29, 1.82) is 0 Å². The Kier molecular flexibility index (Phi) is 8.93. The number of thiocarbonyl (C=S) groups is 1. The van der Waals surface area contributed by atoms with Crippen LogP contribution in [0.25, 0.3) is 0 Å². The van der Waals surface area contributed by atoms with Crippen molar-refractivity contribution in [1.82, 2.24) is 9.80 Å². The average molecular weight is 244 g/mol. The summed E-state index contributed by atoms with van der Waals surface area (Å²) in [5.74, 6) is -2.03. The van der Waals surface area contributed by atoms with E-state index in [0.717, 1.165) is 0 Å². The molecule has 8 heteroatoms. The predicted octanol–water partition coefficient (Wildman–Crippen LogP) is -3.58. The van der Waals surface area contributed by atoms with E-state index in [2.05, 4.69) is 0 Å². The van der Waals surface area contributed by atoms with Gasteiger partial charge in [-0.25, -0.2) is 0 Å². The van der Waals surface area contributed by atoms with E-state index in [9.17, 15) is 9.59 Å². The van der Waals surface area contributed by atoms with E-state index in [4.69, 9.17) is 22.4 Å². The first-order valence-electron chi connectivity index (χ1n) is 3.74. The summed E-state index contributed by atoms with van der Waals surface area (Å²) in [5.41, 5.74) is 0. The molecule has 6 nitrogen and oxygen atoms in total. The molecule has 0 bridgehead atoms. The van der Waals surface area contributed by atoms with Gasteiger partial charge in [0.2, 0.25) is 0 Å². The summed E-state index contributed by atoms with van der Waals surface area (Å²) in [6.07, 6.45) is 0. The topological polar surface area (TPSA) is 81.1 Å². The minimum Gasteiger partial charge on any atom is -1.00 e. The van der Waals surface area contributed by atoms with Crippen LogP contribution in [-0.2, 0) is 9.59 Å². The first-order valence-corrected chi connectivity index (χ1v) is 4.15. The van der Waals surface area contributed by atoms with Crippen molar-refractivity contribution in [3.8, 4) is 0 Å². The molecule has 0 aromatic carbocycles. The van der Waals surface area contributed by atoms with E-state index < -0.39 is 11.9 Å². The number of carboxylic acids is 2. The third-order valence-electron chi connectivity index (χ3n) is 1.40. The SMILES string of the molecule is CN(CC(=O)O)C(=S)N(C)CC(=O)O.[H-].[Na+]. The molecule has 0 atom stereocenters. The standard InChI is InChI=1S/C7H12N2O4S.Na.H/c1-8(3-5(10)11)7(14)9(2)4-6(12)13;;/h3-4H2,1-2H3,(H,10,11)(H,12,13);;/q;+1;-1. The summed E-state index contributed by atoms with van der Waals surface area (Å²) in [6.45, 7) is -0.494. The van der Waals surface area contributed by atoms with Gasteiger partial charge in [0.25, 0.3) is 0 Å². The first-order chi connectivity index (χ1) is 6.34. The quantitative estimate of drug-likeness (QED) is 0.391. The van der Waals surface area contributed by atoms with E-state index in [1.165, 1.54) is 23.9 Å². The molecule has 0 fully saturated rings. The summed E-state index contributed by atoms with van der Waals surface area (Å²) in [7, 11) is 2.99. The van der Waals surface area contributed by atoms with E-state index >= 15 is 0 Å². The maximum absolute atomic E-state index is 10.3. The number of hydrogen-bond donors (Lipinski definition) is 2. The zero-order chi connectivity index (χ0) is 11.3. The number of likely N-dealkylation sites (N-methyl/N-ethyl adjacent to an activating group) is 2. The Bertz CT molecular complexity index is 243. The molecule has 0 radical (unpaired) electrons. The van der Waals surface area contributed by atoms with Crippen LogP contribution in [0.15, 0.2) is 0 Å². The summed E-state index contributed by atoms with van der Waals surface area (Å²) in [5, 5.41) is 17.1. The molecule has 15 heavy (non-hydrogen) atoms. The zero-order valence-electron chi connectivity index (χ0n) is 9.93. The van der Waals surface area contributed by atoms with Crippen LogP contribution < -0.4 is 29.6 Å². The molecule has 0 aliphatic rings. The van der Waals surface area contributed by atoms with Crippen molar-refractivity contribution in [2.24, 2.45) is 0 Å². The van der Waals surface area contributed by atoms with Gasteiger partial charge in [0.05, 0.1) is 0 Å². The van der Waals surface area contributed by atoms with Crippen LogP contribution in [0.1, 0.15) is 1.43 Å². The van der Waals surface area contributed by atoms with Crippen LogP contribution in [0.5, 0.6) is 0 Å². The van der Waals surface area contributed by atoms with E-state index in [1.54, 1.807) is 0 Å². The predicted molar refractivity (Wildman–Crippen MR) is 54.2 cm³/mol.